The Hall–Kier alpha value is -2.04. The molecule has 1 fully saturated rings. The summed E-state index contributed by atoms with van der Waals surface area (Å²) in [5, 5.41) is 7.98. The van der Waals surface area contributed by atoms with Gasteiger partial charge in [0.25, 0.3) is 0 Å². The van der Waals surface area contributed by atoms with Gasteiger partial charge < -0.3 is 10.2 Å². The number of hydrogen-bond acceptors (Lipinski definition) is 4. The van der Waals surface area contributed by atoms with Crippen LogP contribution in [-0.4, -0.2) is 33.9 Å². The van der Waals surface area contributed by atoms with Crippen LogP contribution < -0.4 is 10.2 Å². The van der Waals surface area contributed by atoms with Crippen molar-refractivity contribution >= 4 is 11.5 Å². The summed E-state index contributed by atoms with van der Waals surface area (Å²) in [7, 11) is 1.96. The first kappa shape index (κ1) is 13.0. The fourth-order valence-electron chi connectivity index (χ4n) is 2.75. The molecular formula is C15H21N5. The second kappa shape index (κ2) is 5.53. The smallest absolute Gasteiger partial charge is 0.128 e. The Labute approximate surface area is 119 Å². The Morgan fingerprint density at radius 2 is 2.05 bits per heavy atom. The monoisotopic (exact) mass is 271 g/mol. The van der Waals surface area contributed by atoms with E-state index in [4.69, 9.17) is 0 Å². The molecule has 0 atom stereocenters. The minimum atomic E-state index is 0.526. The summed E-state index contributed by atoms with van der Waals surface area (Å²) >= 11 is 0. The molecule has 0 bridgehead atoms. The summed E-state index contributed by atoms with van der Waals surface area (Å²) in [6, 6.07) is 6.62. The average Bonchev–Trinajstić information content (AvgIpc) is 2.79. The van der Waals surface area contributed by atoms with Crippen LogP contribution >= 0.6 is 0 Å². The summed E-state index contributed by atoms with van der Waals surface area (Å²) in [5.41, 5.74) is 2.23. The molecule has 20 heavy (non-hydrogen) atoms. The van der Waals surface area contributed by atoms with Crippen LogP contribution in [0.3, 0.4) is 0 Å². The first-order valence-electron chi connectivity index (χ1n) is 7.15. The Morgan fingerprint density at radius 1 is 1.25 bits per heavy atom. The van der Waals surface area contributed by atoms with Crippen molar-refractivity contribution in [3.8, 4) is 0 Å². The Balaban J connectivity index is 1.58. The zero-order chi connectivity index (χ0) is 13.9. The van der Waals surface area contributed by atoms with Crippen molar-refractivity contribution in [1.82, 2.24) is 14.8 Å². The summed E-state index contributed by atoms with van der Waals surface area (Å²) in [6.07, 6.45) is 6.18. The summed E-state index contributed by atoms with van der Waals surface area (Å²) in [6.45, 7) is 4.15. The van der Waals surface area contributed by atoms with Gasteiger partial charge in [0.05, 0.1) is 11.4 Å². The summed E-state index contributed by atoms with van der Waals surface area (Å²) < 4.78 is 1.86. The van der Waals surface area contributed by atoms with Crippen LogP contribution in [0, 0.1) is 6.92 Å². The van der Waals surface area contributed by atoms with Crippen molar-refractivity contribution in [1.29, 1.82) is 0 Å². The number of hydrogen-bond donors (Lipinski definition) is 1. The predicted octanol–water partition coefficient (Wildman–Crippen LogP) is 2.20. The zero-order valence-electron chi connectivity index (χ0n) is 12.1. The second-order valence-corrected chi connectivity index (χ2v) is 5.40. The maximum atomic E-state index is 4.42. The molecule has 1 saturated heterocycles. The summed E-state index contributed by atoms with van der Waals surface area (Å²) in [4.78, 5) is 6.78. The molecule has 5 nitrogen and oxygen atoms in total. The molecule has 3 heterocycles. The SMILES string of the molecule is Cc1nn(C)cc1NC1CCN(c2ccccn2)CC1. The van der Waals surface area contributed by atoms with Gasteiger partial charge >= 0.3 is 0 Å². The molecule has 0 amide bonds. The number of anilines is 2. The first-order valence-corrected chi connectivity index (χ1v) is 7.15. The van der Waals surface area contributed by atoms with Gasteiger partial charge in [-0.1, -0.05) is 6.07 Å². The molecule has 5 heteroatoms. The molecule has 1 aliphatic heterocycles. The van der Waals surface area contributed by atoms with Crippen LogP contribution in [0.4, 0.5) is 11.5 Å². The van der Waals surface area contributed by atoms with E-state index in [1.54, 1.807) is 0 Å². The standard InChI is InChI=1S/C15H21N5/c1-12-14(11-19(2)18-12)17-13-6-9-20(10-7-13)15-5-3-4-8-16-15/h3-5,8,11,13,17H,6-7,9-10H2,1-2H3. The van der Waals surface area contributed by atoms with E-state index in [0.29, 0.717) is 6.04 Å². The molecule has 0 aliphatic carbocycles. The quantitative estimate of drug-likeness (QED) is 0.929. The van der Waals surface area contributed by atoms with Gasteiger partial charge in [0.2, 0.25) is 0 Å². The van der Waals surface area contributed by atoms with Gasteiger partial charge in [-0.3, -0.25) is 4.68 Å². The Kier molecular flexibility index (Phi) is 3.58. The van der Waals surface area contributed by atoms with E-state index in [1.165, 1.54) is 0 Å². The van der Waals surface area contributed by atoms with Gasteiger partial charge in [0.15, 0.2) is 0 Å². The van der Waals surface area contributed by atoms with Gasteiger partial charge in [-0.15, -0.1) is 0 Å². The van der Waals surface area contributed by atoms with Gasteiger partial charge in [0, 0.05) is 38.6 Å². The van der Waals surface area contributed by atoms with Gasteiger partial charge in [0.1, 0.15) is 5.82 Å². The van der Waals surface area contributed by atoms with Crippen molar-refractivity contribution in [2.24, 2.45) is 7.05 Å². The van der Waals surface area contributed by atoms with Crippen molar-refractivity contribution in [2.45, 2.75) is 25.8 Å². The van der Waals surface area contributed by atoms with Gasteiger partial charge in [-0.25, -0.2) is 4.98 Å². The minimum absolute atomic E-state index is 0.526. The van der Waals surface area contributed by atoms with E-state index in [0.717, 1.165) is 43.1 Å². The van der Waals surface area contributed by atoms with Crippen LogP contribution in [0.2, 0.25) is 0 Å². The number of pyridine rings is 1. The number of nitrogens with one attached hydrogen (secondary N) is 1. The van der Waals surface area contributed by atoms with E-state index < -0.39 is 0 Å². The number of nitrogens with zero attached hydrogens (tertiary/aromatic N) is 4. The molecule has 0 aromatic carbocycles. The lowest BCUT2D eigenvalue weighted by Crippen LogP contribution is -2.39. The topological polar surface area (TPSA) is 46.0 Å². The van der Waals surface area contributed by atoms with Crippen LogP contribution in [0.25, 0.3) is 0 Å². The molecule has 2 aromatic heterocycles. The highest BCUT2D eigenvalue weighted by Gasteiger charge is 2.20. The maximum absolute atomic E-state index is 4.42. The van der Waals surface area contributed by atoms with Crippen LogP contribution in [0.1, 0.15) is 18.5 Å². The van der Waals surface area contributed by atoms with Crippen molar-refractivity contribution in [2.75, 3.05) is 23.3 Å². The average molecular weight is 271 g/mol. The third-order valence-electron chi connectivity index (χ3n) is 3.84. The maximum Gasteiger partial charge on any atom is 0.128 e. The largest absolute Gasteiger partial charge is 0.379 e. The number of aromatic nitrogens is 3. The zero-order valence-corrected chi connectivity index (χ0v) is 12.1. The molecule has 1 N–H and O–H groups in total. The van der Waals surface area contributed by atoms with Crippen molar-refractivity contribution in [3.05, 3.63) is 36.3 Å². The van der Waals surface area contributed by atoms with Crippen molar-refractivity contribution in [3.63, 3.8) is 0 Å². The molecule has 0 radical (unpaired) electrons. The van der Waals surface area contributed by atoms with Gasteiger partial charge in [-0.2, -0.15) is 5.10 Å². The van der Waals surface area contributed by atoms with Crippen LogP contribution in [0.15, 0.2) is 30.6 Å². The molecule has 0 saturated carbocycles. The highest BCUT2D eigenvalue weighted by atomic mass is 15.3. The fraction of sp³-hybridized carbons (Fsp3) is 0.467. The van der Waals surface area contributed by atoms with E-state index in [1.807, 2.05) is 37.0 Å². The first-order chi connectivity index (χ1) is 9.72. The fourth-order valence-corrected chi connectivity index (χ4v) is 2.75. The Bertz CT molecular complexity index is 555. The second-order valence-electron chi connectivity index (χ2n) is 5.40. The molecule has 2 aromatic rings. The van der Waals surface area contributed by atoms with E-state index in [2.05, 4.69) is 32.6 Å². The third-order valence-corrected chi connectivity index (χ3v) is 3.84. The highest BCUT2D eigenvalue weighted by molar-refractivity contribution is 5.47. The van der Waals surface area contributed by atoms with Crippen LogP contribution in [-0.2, 0) is 7.05 Å². The van der Waals surface area contributed by atoms with E-state index in [-0.39, 0.29) is 0 Å². The lowest BCUT2D eigenvalue weighted by Gasteiger charge is -2.33. The highest BCUT2D eigenvalue weighted by Crippen LogP contribution is 2.21. The number of piperidine rings is 1. The molecule has 0 unspecified atom stereocenters. The van der Waals surface area contributed by atoms with Gasteiger partial charge in [-0.05, 0) is 31.9 Å². The molecule has 1 aliphatic rings. The number of rotatable bonds is 3. The Morgan fingerprint density at radius 3 is 2.65 bits per heavy atom. The normalized spacial score (nSPS) is 16.4. The van der Waals surface area contributed by atoms with E-state index in [9.17, 15) is 0 Å². The number of aryl methyl sites for hydroxylation is 2. The van der Waals surface area contributed by atoms with Crippen molar-refractivity contribution < 1.29 is 0 Å². The molecule has 3 rings (SSSR count). The summed E-state index contributed by atoms with van der Waals surface area (Å²) in [5.74, 6) is 1.09. The lowest BCUT2D eigenvalue weighted by molar-refractivity contribution is 0.523. The lowest BCUT2D eigenvalue weighted by atomic mass is 10.0. The van der Waals surface area contributed by atoms with Crippen LogP contribution in [0.5, 0.6) is 0 Å². The third kappa shape index (κ3) is 2.76. The predicted molar refractivity (Wildman–Crippen MR) is 81.0 cm³/mol. The minimum Gasteiger partial charge on any atom is -0.379 e. The molecule has 106 valence electrons. The molecule has 0 spiro atoms. The molecular weight excluding hydrogens is 250 g/mol. The van der Waals surface area contributed by atoms with E-state index >= 15 is 0 Å².